The lowest BCUT2D eigenvalue weighted by molar-refractivity contribution is 0.586. The Bertz CT molecular complexity index is 428. The van der Waals surface area contributed by atoms with Gasteiger partial charge in [-0.2, -0.15) is 0 Å². The van der Waals surface area contributed by atoms with Gasteiger partial charge in [-0.15, -0.1) is 0 Å². The first kappa shape index (κ1) is 12.6. The van der Waals surface area contributed by atoms with Gasteiger partial charge in [0.1, 0.15) is 5.82 Å². The maximum Gasteiger partial charge on any atom is 0.145 e. The molecule has 0 spiro atoms. The normalized spacial score (nSPS) is 17.7. The molecule has 1 unspecified atom stereocenters. The topological polar surface area (TPSA) is 26.0 Å². The second kappa shape index (κ2) is 5.65. The molecule has 1 aromatic carbocycles. The number of benzene rings is 1. The minimum atomic E-state index is -0.332. The van der Waals surface area contributed by atoms with Gasteiger partial charge in [0.15, 0.2) is 0 Å². The van der Waals surface area contributed by atoms with Crippen molar-refractivity contribution in [2.45, 2.75) is 38.1 Å². The Kier molecular flexibility index (Phi) is 4.19. The molecule has 17 heavy (non-hydrogen) atoms. The third kappa shape index (κ3) is 3.08. The van der Waals surface area contributed by atoms with E-state index >= 15 is 0 Å². The first-order valence-corrected chi connectivity index (χ1v) is 6.43. The molecule has 0 aromatic heterocycles. The summed E-state index contributed by atoms with van der Waals surface area (Å²) < 4.78 is 13.7. The average molecular weight is 254 g/mol. The van der Waals surface area contributed by atoms with E-state index in [0.717, 1.165) is 12.8 Å². The molecule has 0 bridgehead atoms. The third-order valence-corrected chi connectivity index (χ3v) is 3.57. The highest BCUT2D eigenvalue weighted by Gasteiger charge is 2.15. The van der Waals surface area contributed by atoms with Gasteiger partial charge in [-0.1, -0.05) is 35.4 Å². The van der Waals surface area contributed by atoms with Crippen LogP contribution in [0.5, 0.6) is 0 Å². The maximum atomic E-state index is 13.7. The molecule has 0 amide bonds. The van der Waals surface area contributed by atoms with Crippen molar-refractivity contribution in [3.8, 4) is 0 Å². The van der Waals surface area contributed by atoms with E-state index in [1.165, 1.54) is 18.4 Å². The molecule has 0 saturated carbocycles. The minimum absolute atomic E-state index is 0.0803. The fourth-order valence-corrected chi connectivity index (χ4v) is 2.47. The van der Waals surface area contributed by atoms with E-state index < -0.39 is 0 Å². The molecule has 1 aliphatic rings. The van der Waals surface area contributed by atoms with E-state index in [0.29, 0.717) is 12.0 Å². The molecule has 0 fully saturated rings. The largest absolute Gasteiger partial charge is 0.324 e. The molecule has 0 heterocycles. The maximum absolute atomic E-state index is 13.7. The monoisotopic (exact) mass is 253 g/mol. The van der Waals surface area contributed by atoms with Crippen LogP contribution in [0.4, 0.5) is 4.39 Å². The first-order valence-electron chi connectivity index (χ1n) is 6.06. The van der Waals surface area contributed by atoms with Gasteiger partial charge < -0.3 is 5.73 Å². The van der Waals surface area contributed by atoms with Crippen LogP contribution in [0.2, 0.25) is 5.02 Å². The zero-order chi connectivity index (χ0) is 12.3. The molecule has 3 heteroatoms. The number of rotatable bonds is 3. The van der Waals surface area contributed by atoms with Crippen molar-refractivity contribution in [2.24, 2.45) is 5.73 Å². The SMILES string of the molecule is NC(Cc1cccc(Cl)c1F)C1=CCCCC1. The van der Waals surface area contributed by atoms with Crippen molar-refractivity contribution in [3.63, 3.8) is 0 Å². The zero-order valence-corrected chi connectivity index (χ0v) is 10.5. The molecule has 92 valence electrons. The predicted molar refractivity (Wildman–Crippen MR) is 69.6 cm³/mol. The van der Waals surface area contributed by atoms with E-state index in [-0.39, 0.29) is 16.9 Å². The number of hydrogen-bond donors (Lipinski definition) is 1. The quantitative estimate of drug-likeness (QED) is 0.814. The van der Waals surface area contributed by atoms with E-state index in [4.69, 9.17) is 17.3 Å². The molecule has 1 atom stereocenters. The summed E-state index contributed by atoms with van der Waals surface area (Å²) in [6.07, 6.45) is 7.30. The molecule has 1 nitrogen and oxygen atoms in total. The number of hydrogen-bond acceptors (Lipinski definition) is 1. The van der Waals surface area contributed by atoms with E-state index in [9.17, 15) is 4.39 Å². The Labute approximate surface area is 106 Å². The number of allylic oxidation sites excluding steroid dienone is 1. The van der Waals surface area contributed by atoms with Gasteiger partial charge >= 0.3 is 0 Å². The van der Waals surface area contributed by atoms with E-state index in [1.54, 1.807) is 18.2 Å². The zero-order valence-electron chi connectivity index (χ0n) is 9.76. The summed E-state index contributed by atoms with van der Waals surface area (Å²) in [6.45, 7) is 0. The standard InChI is InChI=1S/C14H17ClFN/c15-12-8-4-7-11(14(12)16)9-13(17)10-5-2-1-3-6-10/h4-5,7-8,13H,1-3,6,9,17H2. The van der Waals surface area contributed by atoms with Crippen LogP contribution in [-0.4, -0.2) is 6.04 Å². The summed E-state index contributed by atoms with van der Waals surface area (Å²) in [5.74, 6) is -0.332. The Hall–Kier alpha value is -0.860. The second-order valence-electron chi connectivity index (χ2n) is 4.55. The van der Waals surface area contributed by atoms with Crippen LogP contribution in [0.3, 0.4) is 0 Å². The van der Waals surface area contributed by atoms with Crippen LogP contribution in [0, 0.1) is 5.82 Å². The molecule has 0 saturated heterocycles. The first-order chi connectivity index (χ1) is 8.18. The van der Waals surface area contributed by atoms with Crippen molar-refractivity contribution in [1.29, 1.82) is 0 Å². The highest BCUT2D eigenvalue weighted by Crippen LogP contribution is 2.24. The molecule has 2 N–H and O–H groups in total. The molecule has 2 rings (SSSR count). The number of halogens is 2. The van der Waals surface area contributed by atoms with E-state index in [2.05, 4.69) is 6.08 Å². The van der Waals surface area contributed by atoms with Gasteiger partial charge in [0.05, 0.1) is 5.02 Å². The predicted octanol–water partition coefficient (Wildman–Crippen LogP) is 3.85. The van der Waals surface area contributed by atoms with E-state index in [1.807, 2.05) is 0 Å². The van der Waals surface area contributed by atoms with Crippen LogP contribution < -0.4 is 5.73 Å². The summed E-state index contributed by atoms with van der Waals surface area (Å²) in [5.41, 5.74) is 7.99. The Morgan fingerprint density at radius 1 is 1.35 bits per heavy atom. The smallest absolute Gasteiger partial charge is 0.145 e. The van der Waals surface area contributed by atoms with Crippen molar-refractivity contribution >= 4 is 11.6 Å². The van der Waals surface area contributed by atoms with Crippen LogP contribution >= 0.6 is 11.6 Å². The summed E-state index contributed by atoms with van der Waals surface area (Å²) in [5, 5.41) is 0.173. The van der Waals surface area contributed by atoms with Crippen molar-refractivity contribution in [1.82, 2.24) is 0 Å². The molecular weight excluding hydrogens is 237 g/mol. The fraction of sp³-hybridized carbons (Fsp3) is 0.429. The van der Waals surface area contributed by atoms with Gasteiger partial charge in [-0.05, 0) is 43.7 Å². The lowest BCUT2D eigenvalue weighted by atomic mass is 9.91. The van der Waals surface area contributed by atoms with Crippen LogP contribution in [0.1, 0.15) is 31.2 Å². The van der Waals surface area contributed by atoms with Gasteiger partial charge in [0.25, 0.3) is 0 Å². The van der Waals surface area contributed by atoms with Crippen molar-refractivity contribution in [2.75, 3.05) is 0 Å². The molecule has 1 aromatic rings. The minimum Gasteiger partial charge on any atom is -0.324 e. The van der Waals surface area contributed by atoms with Crippen molar-refractivity contribution in [3.05, 3.63) is 46.3 Å². The lowest BCUT2D eigenvalue weighted by Crippen LogP contribution is -2.26. The van der Waals surface area contributed by atoms with Gasteiger partial charge in [0, 0.05) is 6.04 Å². The van der Waals surface area contributed by atoms with Gasteiger partial charge in [-0.3, -0.25) is 0 Å². The summed E-state index contributed by atoms with van der Waals surface area (Å²) >= 11 is 5.75. The molecule has 0 radical (unpaired) electrons. The van der Waals surface area contributed by atoms with Gasteiger partial charge in [-0.25, -0.2) is 4.39 Å². The highest BCUT2D eigenvalue weighted by atomic mass is 35.5. The molecular formula is C14H17ClFN. The van der Waals surface area contributed by atoms with Crippen LogP contribution in [0.15, 0.2) is 29.8 Å². The van der Waals surface area contributed by atoms with Crippen LogP contribution in [-0.2, 0) is 6.42 Å². The van der Waals surface area contributed by atoms with Gasteiger partial charge in [0.2, 0.25) is 0 Å². The molecule has 0 aliphatic heterocycles. The highest BCUT2D eigenvalue weighted by molar-refractivity contribution is 6.30. The fourth-order valence-electron chi connectivity index (χ4n) is 2.27. The summed E-state index contributed by atoms with van der Waals surface area (Å²) in [4.78, 5) is 0. The summed E-state index contributed by atoms with van der Waals surface area (Å²) in [6, 6.07) is 5.00. The molecule has 1 aliphatic carbocycles. The number of nitrogens with two attached hydrogens (primary N) is 1. The summed E-state index contributed by atoms with van der Waals surface area (Å²) in [7, 11) is 0. The lowest BCUT2D eigenvalue weighted by Gasteiger charge is -2.20. The average Bonchev–Trinajstić information content (AvgIpc) is 2.36. The Morgan fingerprint density at radius 2 is 2.18 bits per heavy atom. The Balaban J connectivity index is 2.10. The van der Waals surface area contributed by atoms with Crippen molar-refractivity contribution < 1.29 is 4.39 Å². The second-order valence-corrected chi connectivity index (χ2v) is 4.96. The van der Waals surface area contributed by atoms with Crippen LogP contribution in [0.25, 0.3) is 0 Å². The Morgan fingerprint density at radius 3 is 2.88 bits per heavy atom. The third-order valence-electron chi connectivity index (χ3n) is 3.27.